The molecule has 118 valence electrons. The Bertz CT molecular complexity index is 466. The van der Waals surface area contributed by atoms with E-state index in [4.69, 9.17) is 5.73 Å². The number of hydrogen-bond donors (Lipinski definition) is 2. The summed E-state index contributed by atoms with van der Waals surface area (Å²) in [7, 11) is 0. The number of nitrogens with two attached hydrogens (primary N) is 1. The molecule has 0 radical (unpaired) electrons. The van der Waals surface area contributed by atoms with Crippen molar-refractivity contribution >= 4 is 11.4 Å². The largest absolute Gasteiger partial charge is 0.418 e. The van der Waals surface area contributed by atoms with E-state index >= 15 is 0 Å². The van der Waals surface area contributed by atoms with E-state index in [9.17, 15) is 13.2 Å². The van der Waals surface area contributed by atoms with Crippen molar-refractivity contribution in [2.24, 2.45) is 5.92 Å². The van der Waals surface area contributed by atoms with Crippen molar-refractivity contribution in [3.8, 4) is 0 Å². The lowest BCUT2D eigenvalue weighted by Gasteiger charge is -2.31. The molecule has 1 heterocycles. The van der Waals surface area contributed by atoms with Crippen LogP contribution in [0.5, 0.6) is 0 Å². The third-order valence-electron chi connectivity index (χ3n) is 4.11. The average Bonchev–Trinajstić information content (AvgIpc) is 2.45. The van der Waals surface area contributed by atoms with E-state index in [1.807, 2.05) is 0 Å². The maximum absolute atomic E-state index is 12.8. The van der Waals surface area contributed by atoms with E-state index in [1.54, 1.807) is 6.07 Å². The molecule has 6 heteroatoms. The number of nitrogens with zero attached hydrogens (tertiary/aromatic N) is 1. The summed E-state index contributed by atoms with van der Waals surface area (Å²) in [6.07, 6.45) is -2.24. The maximum atomic E-state index is 12.8. The Hall–Kier alpha value is -1.43. The molecule has 0 aromatic heterocycles. The minimum absolute atomic E-state index is 0.232. The molecular weight excluding hydrogens is 279 g/mol. The monoisotopic (exact) mass is 301 g/mol. The number of nitrogens with one attached hydrogen (secondary N) is 1. The van der Waals surface area contributed by atoms with Crippen molar-refractivity contribution in [2.75, 3.05) is 37.2 Å². The van der Waals surface area contributed by atoms with Crippen LogP contribution in [0, 0.1) is 5.92 Å². The topological polar surface area (TPSA) is 41.3 Å². The molecule has 3 nitrogen and oxygen atoms in total. The Kier molecular flexibility index (Phi) is 4.98. The number of piperidine rings is 1. The summed E-state index contributed by atoms with van der Waals surface area (Å²) in [6.45, 7) is 6.05. The van der Waals surface area contributed by atoms with Crippen LogP contribution in [0.25, 0.3) is 0 Å². The highest BCUT2D eigenvalue weighted by Gasteiger charge is 2.33. The third-order valence-corrected chi connectivity index (χ3v) is 4.11. The van der Waals surface area contributed by atoms with Gasteiger partial charge in [0.2, 0.25) is 0 Å². The van der Waals surface area contributed by atoms with Gasteiger partial charge in [0, 0.05) is 17.9 Å². The molecule has 0 spiro atoms. The molecule has 2 rings (SSSR count). The third kappa shape index (κ3) is 4.27. The smallest absolute Gasteiger partial charge is 0.398 e. The highest BCUT2D eigenvalue weighted by molar-refractivity contribution is 5.58. The summed E-state index contributed by atoms with van der Waals surface area (Å²) in [5.41, 5.74) is 4.87. The van der Waals surface area contributed by atoms with Crippen molar-refractivity contribution in [2.45, 2.75) is 25.9 Å². The Morgan fingerprint density at radius 3 is 2.52 bits per heavy atom. The number of rotatable bonds is 4. The zero-order valence-corrected chi connectivity index (χ0v) is 12.2. The number of nitrogen functional groups attached to an aromatic ring is 1. The van der Waals surface area contributed by atoms with Crippen LogP contribution in [0.1, 0.15) is 25.3 Å². The van der Waals surface area contributed by atoms with Crippen molar-refractivity contribution in [3.05, 3.63) is 23.8 Å². The van der Waals surface area contributed by atoms with Gasteiger partial charge in [0.15, 0.2) is 0 Å². The first-order chi connectivity index (χ1) is 9.90. The molecule has 0 amide bonds. The second-order valence-corrected chi connectivity index (χ2v) is 5.56. The van der Waals surface area contributed by atoms with E-state index in [-0.39, 0.29) is 5.69 Å². The van der Waals surface area contributed by atoms with Gasteiger partial charge in [-0.05, 0) is 56.6 Å². The van der Waals surface area contributed by atoms with Gasteiger partial charge in [-0.3, -0.25) is 0 Å². The number of benzene rings is 1. The zero-order chi connectivity index (χ0) is 15.5. The van der Waals surface area contributed by atoms with Gasteiger partial charge in [0.05, 0.1) is 5.56 Å². The van der Waals surface area contributed by atoms with Crippen LogP contribution < -0.4 is 11.1 Å². The molecule has 0 aliphatic carbocycles. The fraction of sp³-hybridized carbons (Fsp3) is 0.600. The molecular formula is C15H22F3N3. The Morgan fingerprint density at radius 1 is 1.29 bits per heavy atom. The van der Waals surface area contributed by atoms with Crippen molar-refractivity contribution in [1.29, 1.82) is 0 Å². The maximum Gasteiger partial charge on any atom is 0.418 e. The lowest BCUT2D eigenvalue weighted by molar-refractivity contribution is -0.136. The van der Waals surface area contributed by atoms with Crippen LogP contribution in [0.3, 0.4) is 0 Å². The lowest BCUT2D eigenvalue weighted by atomic mass is 9.96. The SMILES string of the molecule is CCN1CCC(CNc2ccc(N)c(C(F)(F)F)c2)CC1. The van der Waals surface area contributed by atoms with Gasteiger partial charge in [-0.15, -0.1) is 0 Å². The normalized spacial score (nSPS) is 17.9. The molecule has 3 N–H and O–H groups in total. The van der Waals surface area contributed by atoms with Gasteiger partial charge < -0.3 is 16.0 Å². The first-order valence-corrected chi connectivity index (χ1v) is 7.33. The van der Waals surface area contributed by atoms with Crippen LogP contribution in [-0.2, 0) is 6.18 Å². The predicted octanol–water partition coefficient (Wildman–Crippen LogP) is 3.43. The molecule has 1 saturated heterocycles. The van der Waals surface area contributed by atoms with Gasteiger partial charge in [-0.1, -0.05) is 6.92 Å². The van der Waals surface area contributed by atoms with Gasteiger partial charge in [-0.2, -0.15) is 13.2 Å². The summed E-state index contributed by atoms with van der Waals surface area (Å²) in [5, 5.41) is 3.11. The van der Waals surface area contributed by atoms with Crippen LogP contribution in [0.4, 0.5) is 24.5 Å². The average molecular weight is 301 g/mol. The van der Waals surface area contributed by atoms with Gasteiger partial charge in [0.25, 0.3) is 0 Å². The molecule has 1 aromatic rings. The summed E-state index contributed by atoms with van der Waals surface area (Å²) < 4.78 is 38.4. The summed E-state index contributed by atoms with van der Waals surface area (Å²) in [4.78, 5) is 2.39. The highest BCUT2D eigenvalue weighted by Crippen LogP contribution is 2.35. The fourth-order valence-electron chi connectivity index (χ4n) is 2.68. The first kappa shape index (κ1) is 15.9. The number of likely N-dealkylation sites (tertiary alicyclic amines) is 1. The summed E-state index contributed by atoms with van der Waals surface area (Å²) in [6, 6.07) is 4.01. The summed E-state index contributed by atoms with van der Waals surface area (Å²) >= 11 is 0. The van der Waals surface area contributed by atoms with Crippen LogP contribution in [-0.4, -0.2) is 31.1 Å². The van der Waals surface area contributed by atoms with Gasteiger partial charge >= 0.3 is 6.18 Å². The molecule has 0 atom stereocenters. The van der Waals surface area contributed by atoms with Crippen molar-refractivity contribution in [1.82, 2.24) is 4.90 Å². The zero-order valence-electron chi connectivity index (χ0n) is 12.2. The predicted molar refractivity (Wildman–Crippen MR) is 79.2 cm³/mol. The number of alkyl halides is 3. The lowest BCUT2D eigenvalue weighted by Crippen LogP contribution is -2.35. The molecule has 0 bridgehead atoms. The quantitative estimate of drug-likeness (QED) is 0.837. The second kappa shape index (κ2) is 6.56. The molecule has 21 heavy (non-hydrogen) atoms. The Balaban J connectivity index is 1.92. The number of anilines is 2. The van der Waals surface area contributed by atoms with E-state index < -0.39 is 11.7 Å². The number of hydrogen-bond acceptors (Lipinski definition) is 3. The number of halogens is 3. The molecule has 0 unspecified atom stereocenters. The van der Waals surface area contributed by atoms with Gasteiger partial charge in [0.1, 0.15) is 0 Å². The van der Waals surface area contributed by atoms with E-state index in [0.717, 1.165) is 38.5 Å². The summed E-state index contributed by atoms with van der Waals surface area (Å²) in [5.74, 6) is 0.514. The fourth-order valence-corrected chi connectivity index (χ4v) is 2.68. The van der Waals surface area contributed by atoms with Crippen LogP contribution >= 0.6 is 0 Å². The standard InChI is InChI=1S/C15H22F3N3/c1-2-21-7-5-11(6-8-21)10-20-12-3-4-14(19)13(9-12)15(16,17)18/h3-4,9,11,20H,2,5-8,10,19H2,1H3. The van der Waals surface area contributed by atoms with E-state index in [2.05, 4.69) is 17.1 Å². The van der Waals surface area contributed by atoms with Gasteiger partial charge in [-0.25, -0.2) is 0 Å². The first-order valence-electron chi connectivity index (χ1n) is 7.33. The Labute approximate surface area is 123 Å². The highest BCUT2D eigenvalue weighted by atomic mass is 19.4. The molecule has 0 saturated carbocycles. The van der Waals surface area contributed by atoms with E-state index in [0.29, 0.717) is 18.2 Å². The van der Waals surface area contributed by atoms with Crippen LogP contribution in [0.15, 0.2) is 18.2 Å². The van der Waals surface area contributed by atoms with Crippen LogP contribution in [0.2, 0.25) is 0 Å². The van der Waals surface area contributed by atoms with Crippen molar-refractivity contribution in [3.63, 3.8) is 0 Å². The molecule has 1 aliphatic rings. The second-order valence-electron chi connectivity index (χ2n) is 5.56. The van der Waals surface area contributed by atoms with E-state index in [1.165, 1.54) is 6.07 Å². The minimum Gasteiger partial charge on any atom is -0.398 e. The Morgan fingerprint density at radius 2 is 1.95 bits per heavy atom. The molecule has 1 fully saturated rings. The molecule has 1 aromatic carbocycles. The molecule has 1 aliphatic heterocycles. The minimum atomic E-state index is -4.41. The van der Waals surface area contributed by atoms with Crippen molar-refractivity contribution < 1.29 is 13.2 Å².